The molecule has 0 aliphatic carbocycles. The van der Waals surface area contributed by atoms with Crippen molar-refractivity contribution in [3.63, 3.8) is 0 Å². The maximum atomic E-state index is 15.8. The first-order valence-corrected chi connectivity index (χ1v) is 23.4. The Morgan fingerprint density at radius 1 is 0.940 bits per heavy atom. The molecule has 18 nitrogen and oxygen atoms in total. The van der Waals surface area contributed by atoms with Crippen LogP contribution in [0.2, 0.25) is 0 Å². The molecule has 3 amide bonds. The fraction of sp³-hybridized carbons (Fsp3) is 0.370. The Morgan fingerprint density at radius 3 is 2.34 bits per heavy atom. The summed E-state index contributed by atoms with van der Waals surface area (Å²) in [6, 6.07) is 14.7. The van der Waals surface area contributed by atoms with Gasteiger partial charge in [-0.15, -0.1) is 0 Å². The molecule has 3 N–H and O–H groups in total. The van der Waals surface area contributed by atoms with Crippen LogP contribution in [0.4, 0.5) is 20.3 Å². The van der Waals surface area contributed by atoms with Gasteiger partial charge >= 0.3 is 16.7 Å². The number of nitrogens with zero attached hydrogens (tertiary/aromatic N) is 6. The minimum atomic E-state index is -4.22. The summed E-state index contributed by atoms with van der Waals surface area (Å²) < 4.78 is 65.9. The lowest BCUT2D eigenvalue weighted by Gasteiger charge is -2.35. The number of amides is 3. The SMILES string of the molecule is CCN(C)S(=O)(=O)Nc1ccc(F)c(C(=O)c2cn(OC=O)c3ncc(-c4ccc(N5CCC(NCC(=O)N6CCC(c7ccc(OC8CCC(=O)NC8=O)cc7)CC6)CC5)nc4)cc23)c1F. The van der Waals surface area contributed by atoms with E-state index in [2.05, 4.69) is 25.5 Å². The van der Waals surface area contributed by atoms with Crippen LogP contribution in [-0.2, 0) is 29.4 Å². The van der Waals surface area contributed by atoms with E-state index in [1.165, 1.54) is 13.2 Å². The Morgan fingerprint density at radius 2 is 1.67 bits per heavy atom. The Labute approximate surface area is 384 Å². The number of fused-ring (bicyclic) bond motifs is 1. The van der Waals surface area contributed by atoms with E-state index in [9.17, 15) is 32.4 Å². The molecule has 3 aliphatic rings. The Bertz CT molecular complexity index is 2790. The molecule has 0 spiro atoms. The van der Waals surface area contributed by atoms with E-state index in [1.807, 2.05) is 46.0 Å². The summed E-state index contributed by atoms with van der Waals surface area (Å²) in [5, 5.41) is 5.86. The van der Waals surface area contributed by atoms with E-state index in [4.69, 9.17) is 9.57 Å². The average Bonchev–Trinajstić information content (AvgIpc) is 3.70. The molecule has 21 heteroatoms. The van der Waals surface area contributed by atoms with Gasteiger partial charge in [0.05, 0.1) is 29.6 Å². The zero-order valence-corrected chi connectivity index (χ0v) is 37.6. The van der Waals surface area contributed by atoms with Crippen molar-refractivity contribution in [3.8, 4) is 16.9 Å². The van der Waals surface area contributed by atoms with Gasteiger partial charge in [0, 0.05) is 87.6 Å². The number of benzene rings is 2. The smallest absolute Gasteiger partial charge is 0.321 e. The highest BCUT2D eigenvalue weighted by Gasteiger charge is 2.31. The average molecular weight is 942 g/mol. The number of likely N-dealkylation sites (tertiary alicyclic amines) is 1. The van der Waals surface area contributed by atoms with Crippen LogP contribution < -0.4 is 29.8 Å². The number of hydrogen-bond donors (Lipinski definition) is 3. The van der Waals surface area contributed by atoms with Crippen LogP contribution in [0, 0.1) is 11.6 Å². The highest BCUT2D eigenvalue weighted by atomic mass is 32.2. The number of anilines is 2. The molecule has 352 valence electrons. The fourth-order valence-corrected chi connectivity index (χ4v) is 9.47. The van der Waals surface area contributed by atoms with Crippen LogP contribution in [0.3, 0.4) is 0 Å². The maximum absolute atomic E-state index is 15.8. The number of hydrogen-bond acceptors (Lipinski definition) is 13. The number of ether oxygens (including phenoxy) is 1. The summed E-state index contributed by atoms with van der Waals surface area (Å²) in [5.74, 6) is -2.83. The topological polar surface area (TPSA) is 214 Å². The molecule has 67 heavy (non-hydrogen) atoms. The van der Waals surface area contributed by atoms with Crippen molar-refractivity contribution in [3.05, 3.63) is 102 Å². The van der Waals surface area contributed by atoms with Gasteiger partial charge in [-0.05, 0) is 79.6 Å². The van der Waals surface area contributed by atoms with Crippen molar-refractivity contribution >= 4 is 62.7 Å². The van der Waals surface area contributed by atoms with Crippen LogP contribution in [0.15, 0.2) is 73.2 Å². The Kier molecular flexibility index (Phi) is 13.9. The second-order valence-electron chi connectivity index (χ2n) is 16.6. The number of halogens is 2. The van der Waals surface area contributed by atoms with Gasteiger partial charge in [0.2, 0.25) is 17.6 Å². The zero-order valence-electron chi connectivity index (χ0n) is 36.7. The van der Waals surface area contributed by atoms with E-state index >= 15 is 8.78 Å². The molecule has 5 aromatic rings. The van der Waals surface area contributed by atoms with Gasteiger partial charge in [-0.3, -0.25) is 34.0 Å². The largest absolute Gasteiger partial charge is 0.481 e. The monoisotopic (exact) mass is 941 g/mol. The standard InChI is InChI=1S/C46H49F2N9O9S/c1-3-54(2)67(63,64)53-37-10-9-36(47)42(43(37)48)44(61)35-26-57(65-27-58)45-34(35)22-31(24-51-45)30-6-12-39(50-23-30)55-20-16-32(17-21-55)49-25-41(60)56-18-14-29(15-19-56)28-4-7-33(8-5-28)66-38-11-13-40(59)52-46(38)62/h4-10,12,22-24,26-27,29,32,38,49,53H,3,11,13-21,25H2,1-2H3,(H,52,59,62). The van der Waals surface area contributed by atoms with Crippen LogP contribution in [0.5, 0.6) is 5.75 Å². The van der Waals surface area contributed by atoms with Gasteiger partial charge in [0.15, 0.2) is 17.6 Å². The summed E-state index contributed by atoms with van der Waals surface area (Å²) in [6.45, 7) is 4.70. The van der Waals surface area contributed by atoms with E-state index in [1.54, 1.807) is 19.2 Å². The van der Waals surface area contributed by atoms with Crippen LogP contribution in [-0.4, -0.2) is 121 Å². The van der Waals surface area contributed by atoms with E-state index in [0.717, 1.165) is 64.4 Å². The van der Waals surface area contributed by atoms with Crippen molar-refractivity contribution in [1.82, 2.24) is 34.5 Å². The first kappa shape index (κ1) is 46.7. The van der Waals surface area contributed by atoms with Crippen LogP contribution >= 0.6 is 0 Å². The normalized spacial score (nSPS) is 17.4. The first-order chi connectivity index (χ1) is 32.2. The molecule has 0 radical (unpaired) electrons. The van der Waals surface area contributed by atoms with Gasteiger partial charge in [-0.2, -0.15) is 17.5 Å². The van der Waals surface area contributed by atoms with Crippen molar-refractivity contribution < 1.29 is 50.7 Å². The highest BCUT2D eigenvalue weighted by Crippen LogP contribution is 2.33. The molecule has 0 bridgehead atoms. The number of piperidine rings is 3. The number of carbonyl (C=O) groups excluding carboxylic acids is 5. The quantitative estimate of drug-likeness (QED) is 0.0728. The number of ketones is 1. The number of imide groups is 1. The van der Waals surface area contributed by atoms with Gasteiger partial charge in [-0.25, -0.2) is 18.7 Å². The molecule has 1 atom stereocenters. The molecule has 1 unspecified atom stereocenters. The summed E-state index contributed by atoms with van der Waals surface area (Å²) in [4.78, 5) is 80.0. The molecule has 6 heterocycles. The molecule has 3 aromatic heterocycles. The highest BCUT2D eigenvalue weighted by molar-refractivity contribution is 7.90. The lowest BCUT2D eigenvalue weighted by Crippen LogP contribution is -2.48. The van der Waals surface area contributed by atoms with Gasteiger partial charge in [-0.1, -0.05) is 19.1 Å². The molecule has 0 saturated carbocycles. The summed E-state index contributed by atoms with van der Waals surface area (Å²) in [7, 11) is -2.95. The molecule has 8 rings (SSSR count). The predicted octanol–water partition coefficient (Wildman–Crippen LogP) is 3.95. The van der Waals surface area contributed by atoms with E-state index < -0.39 is 50.9 Å². The predicted molar refractivity (Wildman–Crippen MR) is 241 cm³/mol. The fourth-order valence-electron chi connectivity index (χ4n) is 8.54. The molecule has 3 aliphatic heterocycles. The molecular weight excluding hydrogens is 893 g/mol. The minimum absolute atomic E-state index is 0.00850. The lowest BCUT2D eigenvalue weighted by atomic mass is 9.89. The van der Waals surface area contributed by atoms with E-state index in [0.29, 0.717) is 55.4 Å². The summed E-state index contributed by atoms with van der Waals surface area (Å²) in [5.41, 5.74) is 0.356. The van der Waals surface area contributed by atoms with Crippen molar-refractivity contribution in [2.75, 3.05) is 55.9 Å². The summed E-state index contributed by atoms with van der Waals surface area (Å²) in [6.07, 6.45) is 7.37. The van der Waals surface area contributed by atoms with Crippen molar-refractivity contribution in [2.24, 2.45) is 0 Å². The minimum Gasteiger partial charge on any atom is -0.481 e. The van der Waals surface area contributed by atoms with E-state index in [-0.39, 0.29) is 60.4 Å². The van der Waals surface area contributed by atoms with Gasteiger partial charge < -0.3 is 24.7 Å². The summed E-state index contributed by atoms with van der Waals surface area (Å²) >= 11 is 0. The van der Waals surface area contributed by atoms with Crippen molar-refractivity contribution in [1.29, 1.82) is 0 Å². The Balaban J connectivity index is 0.844. The molecule has 3 fully saturated rings. The number of rotatable bonds is 16. The van der Waals surface area contributed by atoms with Gasteiger partial charge in [0.1, 0.15) is 17.4 Å². The third-order valence-corrected chi connectivity index (χ3v) is 14.1. The molecule has 2 aromatic carbocycles. The van der Waals surface area contributed by atoms with Crippen LogP contribution in [0.25, 0.3) is 22.2 Å². The van der Waals surface area contributed by atoms with Crippen LogP contribution in [0.1, 0.15) is 72.9 Å². The third kappa shape index (κ3) is 10.3. The molecular formula is C46H49F2N9O9S. The van der Waals surface area contributed by atoms with Crippen molar-refractivity contribution in [2.45, 2.75) is 63.5 Å². The second kappa shape index (κ2) is 19.9. The zero-order chi connectivity index (χ0) is 47.4. The maximum Gasteiger partial charge on any atom is 0.321 e. The second-order valence-corrected chi connectivity index (χ2v) is 18.4. The third-order valence-electron chi connectivity index (χ3n) is 12.5. The number of nitrogens with one attached hydrogen (secondary N) is 3. The number of carbonyl (C=O) groups is 5. The van der Waals surface area contributed by atoms with Gasteiger partial charge in [0.25, 0.3) is 5.91 Å². The number of aromatic nitrogens is 3. The lowest BCUT2D eigenvalue weighted by molar-refractivity contribution is -0.139. The number of pyridine rings is 2. The Hall–Kier alpha value is -6.84. The first-order valence-electron chi connectivity index (χ1n) is 21.9. The molecule has 3 saturated heterocycles.